The maximum Gasteiger partial charge on any atom is 0.236 e. The Kier molecular flexibility index (Phi) is 6.22. The third-order valence-corrected chi connectivity index (χ3v) is 8.09. The molecule has 3 rings (SSSR count). The van der Waals surface area contributed by atoms with Crippen LogP contribution in [0.5, 0.6) is 0 Å². The fourth-order valence-corrected chi connectivity index (χ4v) is 5.10. The van der Waals surface area contributed by atoms with Crippen molar-refractivity contribution in [1.29, 1.82) is 0 Å². The van der Waals surface area contributed by atoms with Crippen molar-refractivity contribution >= 4 is 31.6 Å². The van der Waals surface area contributed by atoms with Crippen LogP contribution >= 0.6 is 0 Å². The zero-order valence-corrected chi connectivity index (χ0v) is 17.4. The molecule has 0 saturated carbocycles. The Morgan fingerprint density at radius 2 is 1.46 bits per heavy atom. The summed E-state index contributed by atoms with van der Waals surface area (Å²) in [5.41, 5.74) is 1.73. The minimum absolute atomic E-state index is 0.0688. The molecule has 28 heavy (non-hydrogen) atoms. The number of hydrogen-bond acceptors (Lipinski definition) is 5. The molecule has 0 amide bonds. The average molecular weight is 421 g/mol. The van der Waals surface area contributed by atoms with Crippen LogP contribution in [0.2, 0.25) is 0 Å². The molecular formula is C20H24N2O4S2. The Hall–Kier alpha value is -2.16. The largest absolute Gasteiger partial charge is 0.369 e. The second-order valence-corrected chi connectivity index (χ2v) is 10.6. The lowest BCUT2D eigenvalue weighted by molar-refractivity contribution is 0.390. The molecule has 0 N–H and O–H groups in total. The topological polar surface area (TPSA) is 74.8 Å². The van der Waals surface area contributed by atoms with Gasteiger partial charge in [-0.15, -0.1) is 0 Å². The average Bonchev–Trinajstić information content (AvgIpc) is 2.73. The van der Waals surface area contributed by atoms with E-state index < -0.39 is 19.9 Å². The maximum absolute atomic E-state index is 12.5. The molecule has 1 aliphatic rings. The van der Waals surface area contributed by atoms with Crippen molar-refractivity contribution in [2.45, 2.75) is 11.8 Å². The van der Waals surface area contributed by atoms with Gasteiger partial charge < -0.3 is 4.90 Å². The molecular weight excluding hydrogens is 396 g/mol. The molecule has 0 aromatic heterocycles. The van der Waals surface area contributed by atoms with Crippen molar-refractivity contribution in [1.82, 2.24) is 4.31 Å². The molecule has 150 valence electrons. The smallest absolute Gasteiger partial charge is 0.236 e. The number of rotatable bonds is 6. The highest BCUT2D eigenvalue weighted by atomic mass is 32.2. The predicted octanol–water partition coefficient (Wildman–Crippen LogP) is 2.60. The Morgan fingerprint density at radius 3 is 2.04 bits per heavy atom. The van der Waals surface area contributed by atoms with Gasteiger partial charge in [0.1, 0.15) is 0 Å². The zero-order chi connectivity index (χ0) is 20.2. The Morgan fingerprint density at radius 1 is 0.857 bits per heavy atom. The quantitative estimate of drug-likeness (QED) is 0.718. The van der Waals surface area contributed by atoms with Crippen molar-refractivity contribution in [3.63, 3.8) is 0 Å². The van der Waals surface area contributed by atoms with Gasteiger partial charge in [0.15, 0.2) is 9.84 Å². The lowest BCUT2D eigenvalue weighted by Gasteiger charge is -2.34. The van der Waals surface area contributed by atoms with E-state index in [9.17, 15) is 16.8 Å². The molecule has 0 spiro atoms. The van der Waals surface area contributed by atoms with Crippen LogP contribution in [0.1, 0.15) is 12.5 Å². The van der Waals surface area contributed by atoms with Crippen LogP contribution in [0.25, 0.3) is 6.08 Å². The Balaban J connectivity index is 1.63. The van der Waals surface area contributed by atoms with Crippen LogP contribution in [0.4, 0.5) is 5.69 Å². The van der Waals surface area contributed by atoms with Gasteiger partial charge in [0.25, 0.3) is 0 Å². The lowest BCUT2D eigenvalue weighted by Crippen LogP contribution is -2.48. The van der Waals surface area contributed by atoms with Gasteiger partial charge in [0.2, 0.25) is 10.0 Å². The summed E-state index contributed by atoms with van der Waals surface area (Å²) < 4.78 is 50.4. The van der Waals surface area contributed by atoms with E-state index in [1.54, 1.807) is 37.3 Å². The first-order chi connectivity index (χ1) is 13.3. The highest BCUT2D eigenvalue weighted by molar-refractivity contribution is 7.92. The van der Waals surface area contributed by atoms with E-state index in [4.69, 9.17) is 0 Å². The van der Waals surface area contributed by atoms with Crippen molar-refractivity contribution in [3.05, 3.63) is 65.6 Å². The third-order valence-electron chi connectivity index (χ3n) is 4.77. The lowest BCUT2D eigenvalue weighted by atomic mass is 10.2. The molecule has 0 atom stereocenters. The van der Waals surface area contributed by atoms with E-state index in [1.807, 2.05) is 30.3 Å². The van der Waals surface area contributed by atoms with Gasteiger partial charge in [0.05, 0.1) is 10.6 Å². The van der Waals surface area contributed by atoms with E-state index in [-0.39, 0.29) is 5.75 Å². The van der Waals surface area contributed by atoms with Crippen LogP contribution in [-0.4, -0.2) is 53.1 Å². The van der Waals surface area contributed by atoms with Crippen molar-refractivity contribution in [3.8, 4) is 0 Å². The summed E-state index contributed by atoms with van der Waals surface area (Å²) in [6.45, 7) is 3.50. The monoisotopic (exact) mass is 420 g/mol. The zero-order valence-electron chi connectivity index (χ0n) is 15.7. The summed E-state index contributed by atoms with van der Waals surface area (Å²) in [5, 5.41) is 1.25. The molecule has 1 heterocycles. The molecule has 1 aliphatic heterocycles. The van der Waals surface area contributed by atoms with Gasteiger partial charge in [-0.25, -0.2) is 16.8 Å². The van der Waals surface area contributed by atoms with Crippen LogP contribution in [0.15, 0.2) is 64.9 Å². The van der Waals surface area contributed by atoms with Crippen LogP contribution < -0.4 is 4.90 Å². The minimum atomic E-state index is -3.47. The van der Waals surface area contributed by atoms with Crippen LogP contribution in [0, 0.1) is 0 Å². The number of piperazine rings is 1. The summed E-state index contributed by atoms with van der Waals surface area (Å²) in [6, 6.07) is 16.1. The molecule has 0 bridgehead atoms. The van der Waals surface area contributed by atoms with Gasteiger partial charge in [-0.3, -0.25) is 0 Å². The molecule has 2 aromatic carbocycles. The number of anilines is 1. The molecule has 8 heteroatoms. The summed E-state index contributed by atoms with van der Waals surface area (Å²) in [7, 11) is -6.69. The Bertz CT molecular complexity index is 1020. The summed E-state index contributed by atoms with van der Waals surface area (Å²) in [5.74, 6) is 0.0688. The Labute approximate surface area is 167 Å². The van der Waals surface area contributed by atoms with E-state index in [0.29, 0.717) is 31.1 Å². The summed E-state index contributed by atoms with van der Waals surface area (Å²) in [6.07, 6.45) is 1.61. The molecule has 2 aromatic rings. The van der Waals surface area contributed by atoms with Crippen molar-refractivity contribution in [2.75, 3.05) is 36.8 Å². The van der Waals surface area contributed by atoms with Crippen molar-refractivity contribution < 1.29 is 16.8 Å². The fourth-order valence-electron chi connectivity index (χ4n) is 3.05. The number of benzene rings is 2. The van der Waals surface area contributed by atoms with Gasteiger partial charge in [0, 0.05) is 37.3 Å². The van der Waals surface area contributed by atoms with Gasteiger partial charge in [-0.05, 0) is 35.9 Å². The number of hydrogen-bond donors (Lipinski definition) is 0. The molecule has 0 radical (unpaired) electrons. The molecule has 0 aliphatic carbocycles. The van der Waals surface area contributed by atoms with E-state index in [0.717, 1.165) is 11.3 Å². The molecule has 1 fully saturated rings. The van der Waals surface area contributed by atoms with E-state index >= 15 is 0 Å². The number of nitrogens with zero attached hydrogens (tertiary/aromatic N) is 2. The molecule has 1 saturated heterocycles. The normalized spacial score (nSPS) is 16.5. The van der Waals surface area contributed by atoms with Gasteiger partial charge in [-0.2, -0.15) is 4.31 Å². The van der Waals surface area contributed by atoms with Gasteiger partial charge in [-0.1, -0.05) is 37.3 Å². The first kappa shape index (κ1) is 20.6. The van der Waals surface area contributed by atoms with Crippen LogP contribution in [-0.2, 0) is 19.9 Å². The maximum atomic E-state index is 12.5. The minimum Gasteiger partial charge on any atom is -0.369 e. The third kappa shape index (κ3) is 4.81. The second kappa shape index (κ2) is 8.46. The van der Waals surface area contributed by atoms with Crippen LogP contribution in [0.3, 0.4) is 0 Å². The highest BCUT2D eigenvalue weighted by Crippen LogP contribution is 2.21. The summed E-state index contributed by atoms with van der Waals surface area (Å²) in [4.78, 5) is 2.38. The van der Waals surface area contributed by atoms with E-state index in [2.05, 4.69) is 4.90 Å². The number of sulfone groups is 1. The number of sulfonamides is 1. The predicted molar refractivity (Wildman–Crippen MR) is 112 cm³/mol. The summed E-state index contributed by atoms with van der Waals surface area (Å²) >= 11 is 0. The standard InChI is InChI=1S/C20H24N2O4S2/c1-2-27(23,24)20-10-8-19(9-11-20)21-13-15-22(16-14-21)28(25,26)17-12-18-6-4-3-5-7-18/h3-12,17H,2,13-16H2,1H3/b17-12+. The fraction of sp³-hybridized carbons (Fsp3) is 0.300. The van der Waals surface area contributed by atoms with Crippen molar-refractivity contribution in [2.24, 2.45) is 0 Å². The highest BCUT2D eigenvalue weighted by Gasteiger charge is 2.25. The first-order valence-corrected chi connectivity index (χ1v) is 12.3. The van der Waals surface area contributed by atoms with Gasteiger partial charge >= 0.3 is 0 Å². The van der Waals surface area contributed by atoms with E-state index in [1.165, 1.54) is 9.71 Å². The molecule has 0 unspecified atom stereocenters. The molecule has 6 nitrogen and oxygen atoms in total. The second-order valence-electron chi connectivity index (χ2n) is 6.54. The SMILES string of the molecule is CCS(=O)(=O)c1ccc(N2CCN(S(=O)(=O)/C=C/c3ccccc3)CC2)cc1. The first-order valence-electron chi connectivity index (χ1n) is 9.13.